The van der Waals surface area contributed by atoms with E-state index in [4.69, 9.17) is 0 Å². The Hall–Kier alpha value is -0.460. The van der Waals surface area contributed by atoms with Gasteiger partial charge in [-0.2, -0.15) is 0 Å². The molecular formula is C16H31N. The Balaban J connectivity index is 2.27. The Labute approximate surface area is 108 Å². The Kier molecular flexibility index (Phi) is 8.21. The van der Waals surface area contributed by atoms with Crippen LogP contribution in [0.2, 0.25) is 0 Å². The van der Waals surface area contributed by atoms with E-state index in [2.05, 4.69) is 24.8 Å². The molecule has 0 aromatic carbocycles. The quantitative estimate of drug-likeness (QED) is 0.529. The standard InChI is InChI=1S/C16H31N/c1-3-5-7-8-9-12-16-13-10-11-15-17(16)14-6-4-2/h12H,3-11,13-15H2,1-2H3. The number of likely N-dealkylation sites (tertiary alicyclic amines) is 1. The van der Waals surface area contributed by atoms with E-state index in [0.717, 1.165) is 0 Å². The topological polar surface area (TPSA) is 3.24 Å². The maximum atomic E-state index is 2.65. The molecule has 17 heavy (non-hydrogen) atoms. The molecule has 1 heterocycles. The van der Waals surface area contributed by atoms with Gasteiger partial charge < -0.3 is 4.90 Å². The summed E-state index contributed by atoms with van der Waals surface area (Å²) in [6, 6.07) is 0. The van der Waals surface area contributed by atoms with E-state index in [0.29, 0.717) is 0 Å². The van der Waals surface area contributed by atoms with Crippen molar-refractivity contribution in [3.05, 3.63) is 11.8 Å². The molecule has 1 aliphatic rings. The summed E-state index contributed by atoms with van der Waals surface area (Å²) in [5.74, 6) is 0. The van der Waals surface area contributed by atoms with Crippen molar-refractivity contribution in [1.82, 2.24) is 4.90 Å². The minimum absolute atomic E-state index is 1.29. The lowest BCUT2D eigenvalue weighted by atomic mass is 10.0. The average Bonchev–Trinajstić information content (AvgIpc) is 2.37. The SMILES string of the molecule is CCCCCCC=C1CCCCN1CCCC. The fourth-order valence-corrected chi connectivity index (χ4v) is 2.59. The second kappa shape index (κ2) is 9.56. The van der Waals surface area contributed by atoms with Crippen molar-refractivity contribution in [3.63, 3.8) is 0 Å². The van der Waals surface area contributed by atoms with Crippen LogP contribution < -0.4 is 0 Å². The van der Waals surface area contributed by atoms with Gasteiger partial charge in [0.25, 0.3) is 0 Å². The first-order valence-electron chi connectivity index (χ1n) is 7.82. The van der Waals surface area contributed by atoms with Crippen molar-refractivity contribution in [3.8, 4) is 0 Å². The highest BCUT2D eigenvalue weighted by atomic mass is 15.1. The molecule has 0 unspecified atom stereocenters. The summed E-state index contributed by atoms with van der Waals surface area (Å²) in [5.41, 5.74) is 1.65. The van der Waals surface area contributed by atoms with E-state index in [1.165, 1.54) is 77.3 Å². The van der Waals surface area contributed by atoms with Crippen LogP contribution in [0.1, 0.15) is 78.1 Å². The monoisotopic (exact) mass is 237 g/mol. The van der Waals surface area contributed by atoms with Crippen LogP contribution in [0.5, 0.6) is 0 Å². The van der Waals surface area contributed by atoms with Crippen molar-refractivity contribution in [1.29, 1.82) is 0 Å². The van der Waals surface area contributed by atoms with E-state index >= 15 is 0 Å². The summed E-state index contributed by atoms with van der Waals surface area (Å²) in [5, 5.41) is 0. The van der Waals surface area contributed by atoms with Crippen LogP contribution in [0.3, 0.4) is 0 Å². The molecule has 0 bridgehead atoms. The number of hydrogen-bond donors (Lipinski definition) is 0. The molecule has 1 aliphatic heterocycles. The highest BCUT2D eigenvalue weighted by Gasteiger charge is 2.13. The van der Waals surface area contributed by atoms with Gasteiger partial charge in [-0.05, 0) is 38.5 Å². The van der Waals surface area contributed by atoms with Crippen molar-refractivity contribution in [2.75, 3.05) is 13.1 Å². The molecule has 0 radical (unpaired) electrons. The highest BCUT2D eigenvalue weighted by molar-refractivity contribution is 5.03. The van der Waals surface area contributed by atoms with Crippen LogP contribution in [0.4, 0.5) is 0 Å². The zero-order valence-corrected chi connectivity index (χ0v) is 12.0. The van der Waals surface area contributed by atoms with Crippen molar-refractivity contribution in [2.45, 2.75) is 78.1 Å². The van der Waals surface area contributed by atoms with Crippen LogP contribution >= 0.6 is 0 Å². The van der Waals surface area contributed by atoms with Crippen LogP contribution in [0, 0.1) is 0 Å². The average molecular weight is 237 g/mol. The molecule has 0 amide bonds. The Morgan fingerprint density at radius 2 is 1.82 bits per heavy atom. The first kappa shape index (κ1) is 14.6. The van der Waals surface area contributed by atoms with Crippen LogP contribution in [0.15, 0.2) is 11.8 Å². The number of allylic oxidation sites excluding steroid dienone is 2. The molecule has 0 aliphatic carbocycles. The van der Waals surface area contributed by atoms with Gasteiger partial charge in [-0.1, -0.05) is 45.6 Å². The van der Waals surface area contributed by atoms with Gasteiger partial charge in [-0.15, -0.1) is 0 Å². The van der Waals surface area contributed by atoms with Crippen molar-refractivity contribution in [2.24, 2.45) is 0 Å². The maximum Gasteiger partial charge on any atom is 0.0175 e. The minimum atomic E-state index is 1.29. The summed E-state index contributed by atoms with van der Waals surface area (Å²) < 4.78 is 0. The third-order valence-electron chi connectivity index (χ3n) is 3.74. The van der Waals surface area contributed by atoms with Gasteiger partial charge in [0.15, 0.2) is 0 Å². The van der Waals surface area contributed by atoms with Crippen molar-refractivity contribution < 1.29 is 0 Å². The van der Waals surface area contributed by atoms with Gasteiger partial charge >= 0.3 is 0 Å². The first-order valence-corrected chi connectivity index (χ1v) is 7.82. The molecule has 1 fully saturated rings. The zero-order chi connectivity index (χ0) is 12.3. The number of nitrogens with zero attached hydrogens (tertiary/aromatic N) is 1. The summed E-state index contributed by atoms with van der Waals surface area (Å²) in [6.45, 7) is 7.17. The van der Waals surface area contributed by atoms with Crippen LogP contribution in [0.25, 0.3) is 0 Å². The Morgan fingerprint density at radius 1 is 1.00 bits per heavy atom. The number of unbranched alkanes of at least 4 members (excludes halogenated alkanes) is 5. The largest absolute Gasteiger partial charge is 0.375 e. The van der Waals surface area contributed by atoms with E-state index in [1.54, 1.807) is 5.70 Å². The smallest absolute Gasteiger partial charge is 0.0175 e. The lowest BCUT2D eigenvalue weighted by Gasteiger charge is -2.32. The van der Waals surface area contributed by atoms with E-state index in [9.17, 15) is 0 Å². The lowest BCUT2D eigenvalue weighted by Crippen LogP contribution is -2.28. The molecule has 1 saturated heterocycles. The summed E-state index contributed by atoms with van der Waals surface area (Å²) in [7, 11) is 0. The zero-order valence-electron chi connectivity index (χ0n) is 12.0. The molecule has 0 atom stereocenters. The maximum absolute atomic E-state index is 2.65. The Morgan fingerprint density at radius 3 is 2.59 bits per heavy atom. The lowest BCUT2D eigenvalue weighted by molar-refractivity contribution is 0.284. The summed E-state index contributed by atoms with van der Waals surface area (Å²) in [4.78, 5) is 2.65. The number of piperidine rings is 1. The molecule has 1 nitrogen and oxygen atoms in total. The molecule has 0 aromatic heterocycles. The van der Waals surface area contributed by atoms with Gasteiger partial charge in [0, 0.05) is 18.8 Å². The minimum Gasteiger partial charge on any atom is -0.375 e. The summed E-state index contributed by atoms with van der Waals surface area (Å²) in [6.07, 6.45) is 16.2. The fraction of sp³-hybridized carbons (Fsp3) is 0.875. The van der Waals surface area contributed by atoms with E-state index in [1.807, 2.05) is 0 Å². The van der Waals surface area contributed by atoms with Crippen molar-refractivity contribution >= 4 is 0 Å². The second-order valence-electron chi connectivity index (χ2n) is 5.34. The van der Waals surface area contributed by atoms with Gasteiger partial charge in [0.1, 0.15) is 0 Å². The van der Waals surface area contributed by atoms with Gasteiger partial charge in [-0.3, -0.25) is 0 Å². The van der Waals surface area contributed by atoms with Gasteiger partial charge in [-0.25, -0.2) is 0 Å². The van der Waals surface area contributed by atoms with Gasteiger partial charge in [0.2, 0.25) is 0 Å². The summed E-state index contributed by atoms with van der Waals surface area (Å²) >= 11 is 0. The molecule has 1 rings (SSSR count). The highest BCUT2D eigenvalue weighted by Crippen LogP contribution is 2.22. The molecular weight excluding hydrogens is 206 g/mol. The van der Waals surface area contributed by atoms with E-state index < -0.39 is 0 Å². The van der Waals surface area contributed by atoms with Gasteiger partial charge in [0.05, 0.1) is 0 Å². The number of rotatable bonds is 8. The van der Waals surface area contributed by atoms with Crippen LogP contribution in [-0.4, -0.2) is 18.0 Å². The predicted molar refractivity (Wildman–Crippen MR) is 77.2 cm³/mol. The first-order chi connectivity index (χ1) is 8.38. The third-order valence-corrected chi connectivity index (χ3v) is 3.74. The second-order valence-corrected chi connectivity index (χ2v) is 5.34. The molecule has 1 heteroatoms. The normalized spacial score (nSPS) is 18.9. The van der Waals surface area contributed by atoms with Crippen LogP contribution in [-0.2, 0) is 0 Å². The molecule has 100 valence electrons. The Bertz CT molecular complexity index is 208. The molecule has 0 spiro atoms. The molecule has 0 N–H and O–H groups in total. The molecule has 0 aromatic rings. The number of hydrogen-bond acceptors (Lipinski definition) is 1. The fourth-order valence-electron chi connectivity index (χ4n) is 2.59. The molecule has 0 saturated carbocycles. The third kappa shape index (κ3) is 6.14. The van der Waals surface area contributed by atoms with E-state index in [-0.39, 0.29) is 0 Å². The predicted octanol–water partition coefficient (Wildman–Crippen LogP) is 5.13.